The highest BCUT2D eigenvalue weighted by atomic mass is 35.5. The molecular weight excluding hydrogens is 446 g/mol. The predicted octanol–water partition coefficient (Wildman–Crippen LogP) is 4.22. The van der Waals surface area contributed by atoms with Crippen LogP contribution in [0.4, 0.5) is 20.2 Å². The van der Waals surface area contributed by atoms with Gasteiger partial charge in [-0.1, -0.05) is 23.7 Å². The van der Waals surface area contributed by atoms with Gasteiger partial charge in [0.15, 0.2) is 4.90 Å². The summed E-state index contributed by atoms with van der Waals surface area (Å²) in [5.41, 5.74) is 0.0560. The molecule has 0 aromatic heterocycles. The molecule has 0 saturated heterocycles. The van der Waals surface area contributed by atoms with Crippen LogP contribution < -0.4 is 9.44 Å². The maximum atomic E-state index is 13.8. The highest BCUT2D eigenvalue weighted by Gasteiger charge is 2.24. The van der Waals surface area contributed by atoms with E-state index in [9.17, 15) is 25.6 Å². The number of nitrogens with one attached hydrogen (secondary N) is 2. The van der Waals surface area contributed by atoms with E-state index in [1.807, 2.05) is 4.72 Å². The Morgan fingerprint density at radius 3 is 1.86 bits per heavy atom. The summed E-state index contributed by atoms with van der Waals surface area (Å²) in [6.07, 6.45) is 0. The van der Waals surface area contributed by atoms with Crippen LogP contribution in [0.25, 0.3) is 0 Å². The molecule has 0 radical (unpaired) electrons. The molecule has 0 saturated carbocycles. The predicted molar refractivity (Wildman–Crippen MR) is 106 cm³/mol. The van der Waals surface area contributed by atoms with E-state index in [-0.39, 0.29) is 16.3 Å². The van der Waals surface area contributed by atoms with E-state index in [0.717, 1.165) is 24.3 Å². The lowest BCUT2D eigenvalue weighted by Crippen LogP contribution is -2.17. The standard InChI is InChI=1S/C18H13ClF2N2O4S2/c19-12-7-9-13(10-8-12)22-28(24,25)15-4-1-3-14(11-15)23-29(26,27)18-16(20)5-2-6-17(18)21/h1-11,22-23H. The Morgan fingerprint density at radius 1 is 0.690 bits per heavy atom. The van der Waals surface area contributed by atoms with E-state index < -0.39 is 36.6 Å². The van der Waals surface area contributed by atoms with Crippen molar-refractivity contribution >= 4 is 43.0 Å². The zero-order valence-corrected chi connectivity index (χ0v) is 16.8. The molecule has 0 unspecified atom stereocenters. The van der Waals surface area contributed by atoms with Gasteiger partial charge in [-0.25, -0.2) is 25.6 Å². The Morgan fingerprint density at radius 2 is 1.24 bits per heavy atom. The number of hydrogen-bond donors (Lipinski definition) is 2. The third kappa shape index (κ3) is 4.84. The Kier molecular flexibility index (Phi) is 5.78. The Labute approximate surface area is 171 Å². The van der Waals surface area contributed by atoms with Crippen molar-refractivity contribution in [2.45, 2.75) is 9.79 Å². The van der Waals surface area contributed by atoms with Crippen LogP contribution >= 0.6 is 11.6 Å². The van der Waals surface area contributed by atoms with E-state index >= 15 is 0 Å². The van der Waals surface area contributed by atoms with Gasteiger partial charge in [-0.15, -0.1) is 0 Å². The summed E-state index contributed by atoms with van der Waals surface area (Å²) >= 11 is 5.76. The van der Waals surface area contributed by atoms with E-state index in [1.165, 1.54) is 42.5 Å². The summed E-state index contributed by atoms with van der Waals surface area (Å²) in [7, 11) is -8.69. The summed E-state index contributed by atoms with van der Waals surface area (Å²) in [6.45, 7) is 0. The molecule has 3 aromatic carbocycles. The Balaban J connectivity index is 1.90. The Bertz CT molecular complexity index is 1250. The van der Waals surface area contributed by atoms with Crippen LogP contribution in [-0.4, -0.2) is 16.8 Å². The van der Waals surface area contributed by atoms with Crippen LogP contribution in [0.1, 0.15) is 0 Å². The maximum Gasteiger partial charge on any atom is 0.267 e. The number of rotatable bonds is 6. The van der Waals surface area contributed by atoms with E-state index in [1.54, 1.807) is 0 Å². The van der Waals surface area contributed by atoms with Gasteiger partial charge in [0.25, 0.3) is 20.0 Å². The van der Waals surface area contributed by atoms with Gasteiger partial charge in [-0.3, -0.25) is 9.44 Å². The number of sulfonamides is 2. The lowest BCUT2D eigenvalue weighted by molar-refractivity contribution is 0.521. The second kappa shape index (κ2) is 7.97. The molecule has 0 heterocycles. The fourth-order valence-corrected chi connectivity index (χ4v) is 4.82. The van der Waals surface area contributed by atoms with Gasteiger partial charge in [0, 0.05) is 10.7 Å². The number of halogens is 3. The molecule has 0 bridgehead atoms. The molecule has 6 nitrogen and oxygen atoms in total. The maximum absolute atomic E-state index is 13.8. The van der Waals surface area contributed by atoms with Crippen LogP contribution in [0, 0.1) is 11.6 Å². The van der Waals surface area contributed by atoms with E-state index in [2.05, 4.69) is 4.72 Å². The first kappa shape index (κ1) is 21.0. The molecule has 0 aliphatic rings. The second-order valence-electron chi connectivity index (χ2n) is 5.80. The van der Waals surface area contributed by atoms with Gasteiger partial charge < -0.3 is 0 Å². The minimum atomic E-state index is -4.63. The van der Waals surface area contributed by atoms with Gasteiger partial charge in [-0.05, 0) is 54.6 Å². The first-order valence-corrected chi connectivity index (χ1v) is 11.3. The van der Waals surface area contributed by atoms with Crippen LogP contribution in [-0.2, 0) is 20.0 Å². The summed E-state index contributed by atoms with van der Waals surface area (Å²) in [6, 6.07) is 13.3. The summed E-state index contributed by atoms with van der Waals surface area (Å²) in [5.74, 6) is -2.55. The first-order chi connectivity index (χ1) is 13.6. The van der Waals surface area contributed by atoms with Crippen LogP contribution in [0.5, 0.6) is 0 Å². The Hall–Kier alpha value is -2.69. The normalized spacial score (nSPS) is 11.8. The molecule has 2 N–H and O–H groups in total. The zero-order chi connectivity index (χ0) is 21.2. The van der Waals surface area contributed by atoms with Crippen LogP contribution in [0.15, 0.2) is 76.5 Å². The summed E-state index contributed by atoms with van der Waals surface area (Å²) < 4.78 is 81.7. The number of anilines is 2. The SMILES string of the molecule is O=S(=O)(Nc1ccc(Cl)cc1)c1cccc(NS(=O)(=O)c2c(F)cccc2F)c1. The van der Waals surface area contributed by atoms with Crippen LogP contribution in [0.2, 0.25) is 5.02 Å². The minimum absolute atomic E-state index is 0.188. The van der Waals surface area contributed by atoms with E-state index in [4.69, 9.17) is 11.6 Å². The average molecular weight is 459 g/mol. The molecule has 0 atom stereocenters. The van der Waals surface area contributed by atoms with Crippen molar-refractivity contribution < 1.29 is 25.6 Å². The van der Waals surface area contributed by atoms with Gasteiger partial charge in [0.2, 0.25) is 0 Å². The largest absolute Gasteiger partial charge is 0.280 e. The number of benzene rings is 3. The van der Waals surface area contributed by atoms with Gasteiger partial charge in [0.1, 0.15) is 11.6 Å². The summed E-state index contributed by atoms with van der Waals surface area (Å²) in [4.78, 5) is -1.42. The van der Waals surface area contributed by atoms with Crippen LogP contribution in [0.3, 0.4) is 0 Å². The minimum Gasteiger partial charge on any atom is -0.280 e. The molecule has 0 spiro atoms. The lowest BCUT2D eigenvalue weighted by atomic mass is 10.3. The molecule has 29 heavy (non-hydrogen) atoms. The van der Waals surface area contributed by atoms with Gasteiger partial charge in [-0.2, -0.15) is 0 Å². The molecule has 0 amide bonds. The molecule has 11 heteroatoms. The average Bonchev–Trinajstić information content (AvgIpc) is 2.63. The molecule has 152 valence electrons. The molecule has 0 fully saturated rings. The zero-order valence-electron chi connectivity index (χ0n) is 14.4. The molecule has 0 aliphatic heterocycles. The third-order valence-electron chi connectivity index (χ3n) is 3.68. The van der Waals surface area contributed by atoms with Gasteiger partial charge in [0.05, 0.1) is 10.6 Å². The fraction of sp³-hybridized carbons (Fsp3) is 0. The topological polar surface area (TPSA) is 92.3 Å². The molecular formula is C18H13ClF2N2O4S2. The third-order valence-corrected chi connectivity index (χ3v) is 6.74. The molecule has 3 rings (SSSR count). The van der Waals surface area contributed by atoms with Crippen molar-refractivity contribution in [3.05, 3.63) is 83.4 Å². The lowest BCUT2D eigenvalue weighted by Gasteiger charge is -2.12. The van der Waals surface area contributed by atoms with Crippen molar-refractivity contribution in [2.24, 2.45) is 0 Å². The number of hydrogen-bond acceptors (Lipinski definition) is 4. The van der Waals surface area contributed by atoms with Crippen molar-refractivity contribution in [1.29, 1.82) is 0 Å². The van der Waals surface area contributed by atoms with Crippen molar-refractivity contribution in [2.75, 3.05) is 9.44 Å². The highest BCUT2D eigenvalue weighted by Crippen LogP contribution is 2.24. The van der Waals surface area contributed by atoms with Crippen molar-refractivity contribution in [3.63, 3.8) is 0 Å². The second-order valence-corrected chi connectivity index (χ2v) is 9.53. The molecule has 3 aromatic rings. The quantitative estimate of drug-likeness (QED) is 0.578. The molecule has 0 aliphatic carbocycles. The smallest absolute Gasteiger partial charge is 0.267 e. The fourth-order valence-electron chi connectivity index (χ4n) is 2.40. The van der Waals surface area contributed by atoms with Gasteiger partial charge >= 0.3 is 0 Å². The first-order valence-electron chi connectivity index (χ1n) is 7.94. The van der Waals surface area contributed by atoms with Crippen molar-refractivity contribution in [3.8, 4) is 0 Å². The summed E-state index contributed by atoms with van der Waals surface area (Å²) in [5, 5.41) is 0.421. The monoisotopic (exact) mass is 458 g/mol. The van der Waals surface area contributed by atoms with Crippen molar-refractivity contribution in [1.82, 2.24) is 0 Å². The highest BCUT2D eigenvalue weighted by molar-refractivity contribution is 7.93. The van der Waals surface area contributed by atoms with E-state index in [0.29, 0.717) is 5.02 Å².